The molecule has 1 aliphatic rings. The fraction of sp³-hybridized carbons (Fsp3) is 0.105. The fourth-order valence-electron chi connectivity index (χ4n) is 3.07. The molecule has 1 amide bonds. The number of amides is 1. The molecule has 0 fully saturated rings. The smallest absolute Gasteiger partial charge is 0.225 e. The van der Waals surface area contributed by atoms with Crippen LogP contribution in [0.1, 0.15) is 22.8 Å². The lowest BCUT2D eigenvalue weighted by Gasteiger charge is -2.24. The number of halogens is 1. The third kappa shape index (κ3) is 2.62. The van der Waals surface area contributed by atoms with Crippen LogP contribution in [0.2, 0.25) is 0 Å². The van der Waals surface area contributed by atoms with Gasteiger partial charge in [-0.3, -0.25) is 4.79 Å². The van der Waals surface area contributed by atoms with Crippen LogP contribution in [0.4, 0.5) is 5.69 Å². The van der Waals surface area contributed by atoms with Crippen LogP contribution in [-0.4, -0.2) is 5.91 Å². The van der Waals surface area contributed by atoms with E-state index in [1.807, 2.05) is 36.4 Å². The van der Waals surface area contributed by atoms with E-state index in [4.69, 9.17) is 0 Å². The maximum atomic E-state index is 12.3. The molecule has 3 aromatic rings. The Balaban J connectivity index is 1.85. The summed E-state index contributed by atoms with van der Waals surface area (Å²) in [5.41, 5.74) is 4.39. The van der Waals surface area contributed by atoms with Crippen molar-refractivity contribution in [3.8, 4) is 11.1 Å². The van der Waals surface area contributed by atoms with Crippen LogP contribution in [0, 0.1) is 0 Å². The number of benzene rings is 2. The van der Waals surface area contributed by atoms with Crippen molar-refractivity contribution in [3.63, 3.8) is 0 Å². The fourth-order valence-corrected chi connectivity index (χ4v) is 4.78. The predicted octanol–water partition coefficient (Wildman–Crippen LogP) is 5.65. The molecule has 0 saturated carbocycles. The molecule has 23 heavy (non-hydrogen) atoms. The lowest BCUT2D eigenvalue weighted by atomic mass is 9.89. The van der Waals surface area contributed by atoms with Gasteiger partial charge in [0.15, 0.2) is 0 Å². The molecule has 2 nitrogen and oxygen atoms in total. The van der Waals surface area contributed by atoms with Gasteiger partial charge in [0.05, 0.1) is 5.69 Å². The zero-order chi connectivity index (χ0) is 15.8. The molecule has 1 atom stereocenters. The number of hydrogen-bond acceptors (Lipinski definition) is 2. The third-order valence-corrected chi connectivity index (χ3v) is 5.97. The second-order valence-electron chi connectivity index (χ2n) is 5.58. The summed E-state index contributed by atoms with van der Waals surface area (Å²) in [5.74, 6) is 0.186. The molecule has 0 aliphatic carbocycles. The van der Waals surface area contributed by atoms with Crippen LogP contribution in [0.5, 0.6) is 0 Å². The van der Waals surface area contributed by atoms with Crippen LogP contribution in [0.25, 0.3) is 11.1 Å². The van der Waals surface area contributed by atoms with Gasteiger partial charge in [-0.1, -0.05) is 64.5 Å². The van der Waals surface area contributed by atoms with Crippen LogP contribution in [0.15, 0.2) is 64.5 Å². The van der Waals surface area contributed by atoms with Crippen molar-refractivity contribution in [1.82, 2.24) is 0 Å². The summed E-state index contributed by atoms with van der Waals surface area (Å²) in [7, 11) is 0. The standard InChI is InChI=1S/C19H14BrNOS/c20-16-9-5-4-8-13(16)14-10-17(22)21-18-15(11-23-19(14)18)12-6-2-1-3-7-12/h1-9,11,14H,10H2,(H,21,22)/t14-/m1/s1. The number of hydrogen-bond donors (Lipinski definition) is 1. The lowest BCUT2D eigenvalue weighted by Crippen LogP contribution is -2.22. The van der Waals surface area contributed by atoms with Crippen molar-refractivity contribution >= 4 is 38.9 Å². The van der Waals surface area contributed by atoms with Crippen molar-refractivity contribution < 1.29 is 4.79 Å². The van der Waals surface area contributed by atoms with Crippen molar-refractivity contribution in [3.05, 3.63) is 74.9 Å². The molecule has 0 spiro atoms. The molecule has 2 heterocycles. The average molecular weight is 384 g/mol. The summed E-state index contributed by atoms with van der Waals surface area (Å²) < 4.78 is 1.06. The first kappa shape index (κ1) is 14.7. The quantitative estimate of drug-likeness (QED) is 0.608. The van der Waals surface area contributed by atoms with Crippen LogP contribution in [-0.2, 0) is 4.79 Å². The van der Waals surface area contributed by atoms with Gasteiger partial charge in [0.2, 0.25) is 5.91 Å². The largest absolute Gasteiger partial charge is 0.325 e. The van der Waals surface area contributed by atoms with Gasteiger partial charge >= 0.3 is 0 Å². The summed E-state index contributed by atoms with van der Waals surface area (Å²) in [6, 6.07) is 18.4. The third-order valence-electron chi connectivity index (χ3n) is 4.16. The van der Waals surface area contributed by atoms with Gasteiger partial charge in [-0.05, 0) is 17.2 Å². The summed E-state index contributed by atoms with van der Waals surface area (Å²) >= 11 is 5.35. The summed E-state index contributed by atoms with van der Waals surface area (Å²) in [4.78, 5) is 13.5. The Bertz CT molecular complexity index is 872. The highest BCUT2D eigenvalue weighted by Crippen LogP contribution is 2.47. The second kappa shape index (κ2) is 5.95. The van der Waals surface area contributed by atoms with Crippen molar-refractivity contribution in [2.45, 2.75) is 12.3 Å². The molecule has 114 valence electrons. The predicted molar refractivity (Wildman–Crippen MR) is 99.0 cm³/mol. The van der Waals surface area contributed by atoms with Crippen LogP contribution >= 0.6 is 27.3 Å². The Morgan fingerprint density at radius 2 is 1.78 bits per heavy atom. The number of fused-ring (bicyclic) bond motifs is 1. The Hall–Kier alpha value is -1.91. The maximum absolute atomic E-state index is 12.3. The Kier molecular flexibility index (Phi) is 3.79. The van der Waals surface area contributed by atoms with E-state index in [1.54, 1.807) is 11.3 Å². The van der Waals surface area contributed by atoms with E-state index in [9.17, 15) is 4.79 Å². The average Bonchev–Trinajstić information content (AvgIpc) is 2.99. The molecule has 1 aliphatic heterocycles. The molecule has 1 N–H and O–H groups in total. The summed E-state index contributed by atoms with van der Waals surface area (Å²) in [6.45, 7) is 0. The maximum Gasteiger partial charge on any atom is 0.225 e. The van der Waals surface area contributed by atoms with Gasteiger partial charge in [0.1, 0.15) is 0 Å². The first-order chi connectivity index (χ1) is 11.2. The highest BCUT2D eigenvalue weighted by molar-refractivity contribution is 9.10. The van der Waals surface area contributed by atoms with Crippen molar-refractivity contribution in [2.75, 3.05) is 5.32 Å². The number of anilines is 1. The first-order valence-corrected chi connectivity index (χ1v) is 9.12. The molecule has 4 rings (SSSR count). The molecule has 0 unspecified atom stereocenters. The van der Waals surface area contributed by atoms with E-state index in [2.05, 4.69) is 44.8 Å². The van der Waals surface area contributed by atoms with Crippen LogP contribution < -0.4 is 5.32 Å². The SMILES string of the molecule is O=C1C[C@H](c2ccccc2Br)c2scc(-c3ccccc3)c2N1. The Labute approximate surface area is 147 Å². The molecule has 0 radical (unpaired) electrons. The monoisotopic (exact) mass is 383 g/mol. The van der Waals surface area contributed by atoms with E-state index in [-0.39, 0.29) is 11.8 Å². The van der Waals surface area contributed by atoms with Crippen LogP contribution in [0.3, 0.4) is 0 Å². The minimum atomic E-state index is 0.0776. The molecular weight excluding hydrogens is 370 g/mol. The van der Waals surface area contributed by atoms with E-state index in [0.717, 1.165) is 21.3 Å². The zero-order valence-electron chi connectivity index (χ0n) is 12.3. The van der Waals surface area contributed by atoms with Gasteiger partial charge in [-0.2, -0.15) is 0 Å². The summed E-state index contributed by atoms with van der Waals surface area (Å²) in [5, 5.41) is 5.23. The second-order valence-corrected chi connectivity index (χ2v) is 7.35. The summed E-state index contributed by atoms with van der Waals surface area (Å²) in [6.07, 6.45) is 0.490. The normalized spacial score (nSPS) is 16.7. The minimum absolute atomic E-state index is 0.0776. The number of nitrogens with one attached hydrogen (secondary N) is 1. The van der Waals surface area contributed by atoms with E-state index < -0.39 is 0 Å². The first-order valence-electron chi connectivity index (χ1n) is 7.45. The van der Waals surface area contributed by atoms with Gasteiger partial charge in [0.25, 0.3) is 0 Å². The van der Waals surface area contributed by atoms with Crippen molar-refractivity contribution in [1.29, 1.82) is 0 Å². The molecule has 0 saturated heterocycles. The molecule has 1 aromatic heterocycles. The van der Waals surface area contributed by atoms with E-state index in [0.29, 0.717) is 6.42 Å². The molecule has 0 bridgehead atoms. The van der Waals surface area contributed by atoms with E-state index >= 15 is 0 Å². The number of carbonyl (C=O) groups is 1. The molecule has 2 aromatic carbocycles. The van der Waals surface area contributed by atoms with Crippen molar-refractivity contribution in [2.24, 2.45) is 0 Å². The lowest BCUT2D eigenvalue weighted by molar-refractivity contribution is -0.116. The Morgan fingerprint density at radius 1 is 1.04 bits per heavy atom. The van der Waals surface area contributed by atoms with Gasteiger partial charge in [0, 0.05) is 32.6 Å². The molecular formula is C19H14BrNOS. The minimum Gasteiger partial charge on any atom is -0.325 e. The van der Waals surface area contributed by atoms with Gasteiger partial charge in [-0.15, -0.1) is 11.3 Å². The molecule has 4 heteroatoms. The highest BCUT2D eigenvalue weighted by atomic mass is 79.9. The van der Waals surface area contributed by atoms with Gasteiger partial charge in [-0.25, -0.2) is 0 Å². The zero-order valence-corrected chi connectivity index (χ0v) is 14.7. The highest BCUT2D eigenvalue weighted by Gasteiger charge is 2.31. The van der Waals surface area contributed by atoms with Gasteiger partial charge < -0.3 is 5.32 Å². The topological polar surface area (TPSA) is 29.1 Å². The Morgan fingerprint density at radius 3 is 2.57 bits per heavy atom. The van der Waals surface area contributed by atoms with E-state index in [1.165, 1.54) is 10.4 Å². The number of rotatable bonds is 2. The number of thiophene rings is 1. The number of carbonyl (C=O) groups excluding carboxylic acids is 1.